The number of ether oxygens (including phenoxy) is 3. The zero-order valence-electron chi connectivity index (χ0n) is 17.1. The van der Waals surface area contributed by atoms with Crippen LogP contribution >= 0.6 is 0 Å². The predicted molar refractivity (Wildman–Crippen MR) is 111 cm³/mol. The average molecular weight is 423 g/mol. The van der Waals surface area contributed by atoms with E-state index in [1.54, 1.807) is 31.4 Å². The summed E-state index contributed by atoms with van der Waals surface area (Å²) in [5.41, 5.74) is 1.17. The van der Waals surface area contributed by atoms with Crippen molar-refractivity contribution >= 4 is 21.6 Å². The maximum atomic E-state index is 12.6. The number of hydrogen-bond donors (Lipinski definition) is 1. The summed E-state index contributed by atoms with van der Waals surface area (Å²) in [4.78, 5) is 12.6. The Bertz CT molecular complexity index is 944. The Labute approximate surface area is 171 Å². The highest BCUT2D eigenvalue weighted by molar-refractivity contribution is 7.92. The summed E-state index contributed by atoms with van der Waals surface area (Å²) in [7, 11) is 0.810. The third kappa shape index (κ3) is 5.77. The van der Waals surface area contributed by atoms with Gasteiger partial charge in [-0.2, -0.15) is 0 Å². The van der Waals surface area contributed by atoms with Crippen LogP contribution in [0.4, 0.5) is 5.69 Å². The lowest BCUT2D eigenvalue weighted by Gasteiger charge is -2.24. The van der Waals surface area contributed by atoms with Crippen LogP contribution in [0.3, 0.4) is 0 Å². The molecule has 158 valence electrons. The number of carbonyl (C=O) groups excluding carboxylic acids is 1. The smallest absolute Gasteiger partial charge is 0.241 e. The molecule has 1 atom stereocenters. The van der Waals surface area contributed by atoms with Crippen LogP contribution in [-0.4, -0.2) is 48.5 Å². The van der Waals surface area contributed by atoms with Crippen molar-refractivity contribution in [1.82, 2.24) is 5.32 Å². The molecule has 2 aromatic rings. The van der Waals surface area contributed by atoms with Gasteiger partial charge in [0.25, 0.3) is 0 Å². The first kappa shape index (κ1) is 22.4. The van der Waals surface area contributed by atoms with E-state index in [-0.39, 0.29) is 12.6 Å². The summed E-state index contributed by atoms with van der Waals surface area (Å²) in [6.45, 7) is 1.45. The maximum Gasteiger partial charge on any atom is 0.241 e. The molecule has 1 unspecified atom stereocenters. The van der Waals surface area contributed by atoms with Crippen molar-refractivity contribution in [2.24, 2.45) is 0 Å². The molecule has 1 amide bonds. The number of amides is 1. The van der Waals surface area contributed by atoms with Gasteiger partial charge in [-0.05, 0) is 36.8 Å². The number of rotatable bonds is 9. The van der Waals surface area contributed by atoms with Gasteiger partial charge < -0.3 is 19.5 Å². The SMILES string of the molecule is COc1ccc(C(C)NC(=O)CN(c2ccc(OC)c(OC)c2)S(C)(=O)=O)cc1. The number of hydrogen-bond acceptors (Lipinski definition) is 6. The second-order valence-corrected chi connectivity index (χ2v) is 8.28. The summed E-state index contributed by atoms with van der Waals surface area (Å²) >= 11 is 0. The van der Waals surface area contributed by atoms with Crippen molar-refractivity contribution in [2.75, 3.05) is 38.4 Å². The fourth-order valence-corrected chi connectivity index (χ4v) is 3.62. The third-order valence-electron chi connectivity index (χ3n) is 4.34. The fourth-order valence-electron chi connectivity index (χ4n) is 2.77. The summed E-state index contributed by atoms with van der Waals surface area (Å²) in [5, 5.41) is 2.82. The van der Waals surface area contributed by atoms with Crippen LogP contribution in [-0.2, 0) is 14.8 Å². The second-order valence-electron chi connectivity index (χ2n) is 6.37. The second kappa shape index (κ2) is 9.51. The van der Waals surface area contributed by atoms with Gasteiger partial charge in [0.15, 0.2) is 11.5 Å². The first-order valence-electron chi connectivity index (χ1n) is 8.82. The quantitative estimate of drug-likeness (QED) is 0.667. The molecular formula is C20H26N2O6S. The summed E-state index contributed by atoms with van der Waals surface area (Å²) < 4.78 is 41.2. The van der Waals surface area contributed by atoms with E-state index in [1.807, 2.05) is 19.1 Å². The van der Waals surface area contributed by atoms with E-state index >= 15 is 0 Å². The Morgan fingerprint density at radius 2 is 1.62 bits per heavy atom. The molecule has 1 N–H and O–H groups in total. The number of nitrogens with one attached hydrogen (secondary N) is 1. The standard InChI is InChI=1S/C20H26N2O6S/c1-14(15-6-9-17(26-2)10-7-15)21-20(23)13-22(29(5,24)25)16-8-11-18(27-3)19(12-16)28-4/h6-12,14H,13H2,1-5H3,(H,21,23). The first-order chi connectivity index (χ1) is 13.7. The molecular weight excluding hydrogens is 396 g/mol. The summed E-state index contributed by atoms with van der Waals surface area (Å²) in [6, 6.07) is 11.6. The van der Waals surface area contributed by atoms with Crippen molar-refractivity contribution in [1.29, 1.82) is 0 Å². The number of anilines is 1. The lowest BCUT2D eigenvalue weighted by atomic mass is 10.1. The molecule has 0 aliphatic rings. The topological polar surface area (TPSA) is 94.2 Å². The highest BCUT2D eigenvalue weighted by Crippen LogP contribution is 2.32. The molecule has 0 saturated carbocycles. The van der Waals surface area contributed by atoms with E-state index < -0.39 is 15.9 Å². The van der Waals surface area contributed by atoms with Gasteiger partial charge in [0.1, 0.15) is 12.3 Å². The highest BCUT2D eigenvalue weighted by atomic mass is 32.2. The summed E-state index contributed by atoms with van der Waals surface area (Å²) in [5.74, 6) is 1.10. The molecule has 0 radical (unpaired) electrons. The van der Waals surface area contributed by atoms with Crippen molar-refractivity contribution in [2.45, 2.75) is 13.0 Å². The number of nitrogens with zero attached hydrogens (tertiary/aromatic N) is 1. The van der Waals surface area contributed by atoms with Gasteiger partial charge in [-0.3, -0.25) is 9.10 Å². The molecule has 0 saturated heterocycles. The fraction of sp³-hybridized carbons (Fsp3) is 0.350. The average Bonchev–Trinajstić information content (AvgIpc) is 2.70. The van der Waals surface area contributed by atoms with Crippen LogP contribution in [0.15, 0.2) is 42.5 Å². The number of benzene rings is 2. The molecule has 0 spiro atoms. The van der Waals surface area contributed by atoms with E-state index in [0.29, 0.717) is 22.9 Å². The Kier molecular flexibility index (Phi) is 7.33. The van der Waals surface area contributed by atoms with Crippen LogP contribution in [0, 0.1) is 0 Å². The van der Waals surface area contributed by atoms with Gasteiger partial charge in [-0.15, -0.1) is 0 Å². The van der Waals surface area contributed by atoms with Crippen molar-refractivity contribution in [3.8, 4) is 17.2 Å². The van der Waals surface area contributed by atoms with Gasteiger partial charge in [-0.25, -0.2) is 8.42 Å². The van der Waals surface area contributed by atoms with Gasteiger partial charge in [0.2, 0.25) is 15.9 Å². The number of sulfonamides is 1. The molecule has 29 heavy (non-hydrogen) atoms. The van der Waals surface area contributed by atoms with Crippen molar-refractivity contribution in [3.63, 3.8) is 0 Å². The van der Waals surface area contributed by atoms with Gasteiger partial charge in [0.05, 0.1) is 39.3 Å². The Hall–Kier alpha value is -2.94. The van der Waals surface area contributed by atoms with E-state index in [4.69, 9.17) is 14.2 Å². The van der Waals surface area contributed by atoms with E-state index in [9.17, 15) is 13.2 Å². The predicted octanol–water partition coefficient (Wildman–Crippen LogP) is 2.36. The molecule has 2 rings (SSSR count). The van der Waals surface area contributed by atoms with Gasteiger partial charge >= 0.3 is 0 Å². The molecule has 2 aromatic carbocycles. The van der Waals surface area contributed by atoms with Crippen LogP contribution < -0.4 is 23.8 Å². The van der Waals surface area contributed by atoms with Gasteiger partial charge in [-0.1, -0.05) is 12.1 Å². The molecule has 0 aliphatic carbocycles. The third-order valence-corrected chi connectivity index (χ3v) is 5.48. The molecule has 0 fully saturated rings. The van der Waals surface area contributed by atoms with Crippen LogP contribution in [0.1, 0.15) is 18.5 Å². The molecule has 8 nitrogen and oxygen atoms in total. The van der Waals surface area contributed by atoms with E-state index in [2.05, 4.69) is 5.32 Å². The molecule has 0 bridgehead atoms. The number of carbonyl (C=O) groups is 1. The minimum absolute atomic E-state index is 0.303. The molecule has 9 heteroatoms. The largest absolute Gasteiger partial charge is 0.497 e. The minimum atomic E-state index is -3.71. The van der Waals surface area contributed by atoms with E-state index in [1.165, 1.54) is 20.3 Å². The molecule has 0 aliphatic heterocycles. The maximum absolute atomic E-state index is 12.6. The monoisotopic (exact) mass is 422 g/mol. The Morgan fingerprint density at radius 3 is 2.14 bits per heavy atom. The molecule has 0 aromatic heterocycles. The van der Waals surface area contributed by atoms with E-state index in [0.717, 1.165) is 16.1 Å². The lowest BCUT2D eigenvalue weighted by Crippen LogP contribution is -2.41. The van der Waals surface area contributed by atoms with Crippen LogP contribution in [0.5, 0.6) is 17.2 Å². The number of methoxy groups -OCH3 is 3. The lowest BCUT2D eigenvalue weighted by molar-refractivity contribution is -0.120. The van der Waals surface area contributed by atoms with Crippen molar-refractivity contribution in [3.05, 3.63) is 48.0 Å². The molecule has 0 heterocycles. The zero-order chi connectivity index (χ0) is 21.6. The van der Waals surface area contributed by atoms with Crippen LogP contribution in [0.25, 0.3) is 0 Å². The zero-order valence-corrected chi connectivity index (χ0v) is 17.9. The summed E-state index contributed by atoms with van der Waals surface area (Å²) in [6.07, 6.45) is 1.05. The normalized spacial score (nSPS) is 12.0. The Balaban J connectivity index is 2.18. The van der Waals surface area contributed by atoms with Crippen molar-refractivity contribution < 1.29 is 27.4 Å². The Morgan fingerprint density at radius 1 is 1.00 bits per heavy atom. The van der Waals surface area contributed by atoms with Gasteiger partial charge in [0, 0.05) is 6.07 Å². The minimum Gasteiger partial charge on any atom is -0.497 e. The first-order valence-corrected chi connectivity index (χ1v) is 10.7. The highest BCUT2D eigenvalue weighted by Gasteiger charge is 2.23. The van der Waals surface area contributed by atoms with Crippen LogP contribution in [0.2, 0.25) is 0 Å².